The second-order valence-corrected chi connectivity index (χ2v) is 6.36. The molecule has 0 saturated carbocycles. The number of rotatable bonds is 4. The standard InChI is InChI=1S/C14H20BrN3O/c1-14(9-16)6-7-18(10-14)8-13(19)17-12-5-3-2-4-11(12)15/h2-5H,6-10,16H2,1H3,(H,17,19). The molecule has 104 valence electrons. The van der Waals surface area contributed by atoms with Crippen molar-refractivity contribution in [2.75, 3.05) is 31.5 Å². The van der Waals surface area contributed by atoms with Crippen molar-refractivity contribution in [2.45, 2.75) is 13.3 Å². The van der Waals surface area contributed by atoms with Gasteiger partial charge in [0.05, 0.1) is 12.2 Å². The van der Waals surface area contributed by atoms with Gasteiger partial charge in [-0.05, 0) is 53.0 Å². The van der Waals surface area contributed by atoms with Crippen LogP contribution in [0.15, 0.2) is 28.7 Å². The van der Waals surface area contributed by atoms with Gasteiger partial charge in [0.25, 0.3) is 0 Å². The third-order valence-electron chi connectivity index (χ3n) is 3.64. The largest absolute Gasteiger partial charge is 0.330 e. The summed E-state index contributed by atoms with van der Waals surface area (Å²) in [5, 5.41) is 2.92. The van der Waals surface area contributed by atoms with E-state index in [1.54, 1.807) is 0 Å². The number of hydrogen-bond donors (Lipinski definition) is 2. The van der Waals surface area contributed by atoms with Crippen LogP contribution in [0.2, 0.25) is 0 Å². The molecule has 1 fully saturated rings. The van der Waals surface area contributed by atoms with Gasteiger partial charge in [0.1, 0.15) is 0 Å². The van der Waals surface area contributed by atoms with E-state index in [2.05, 4.69) is 33.1 Å². The van der Waals surface area contributed by atoms with E-state index >= 15 is 0 Å². The topological polar surface area (TPSA) is 58.4 Å². The summed E-state index contributed by atoms with van der Waals surface area (Å²) in [4.78, 5) is 14.2. The van der Waals surface area contributed by atoms with E-state index in [1.807, 2.05) is 24.3 Å². The molecule has 1 heterocycles. The van der Waals surface area contributed by atoms with Gasteiger partial charge < -0.3 is 11.1 Å². The Bertz CT molecular complexity index is 466. The zero-order chi connectivity index (χ0) is 13.9. The smallest absolute Gasteiger partial charge is 0.238 e. The summed E-state index contributed by atoms with van der Waals surface area (Å²) in [6.45, 7) is 5.12. The summed E-state index contributed by atoms with van der Waals surface area (Å²) in [5.74, 6) is 0.0215. The lowest BCUT2D eigenvalue weighted by Crippen LogP contribution is -2.35. The number of hydrogen-bond acceptors (Lipinski definition) is 3. The van der Waals surface area contributed by atoms with Crippen LogP contribution in [-0.2, 0) is 4.79 Å². The van der Waals surface area contributed by atoms with Gasteiger partial charge in [-0.25, -0.2) is 0 Å². The van der Waals surface area contributed by atoms with Crippen molar-refractivity contribution >= 4 is 27.5 Å². The highest BCUT2D eigenvalue weighted by atomic mass is 79.9. The minimum atomic E-state index is 0.0215. The number of nitrogens with zero attached hydrogens (tertiary/aromatic N) is 1. The molecule has 0 aromatic heterocycles. The Balaban J connectivity index is 1.88. The highest BCUT2D eigenvalue weighted by Crippen LogP contribution is 2.28. The fourth-order valence-electron chi connectivity index (χ4n) is 2.38. The molecule has 0 aliphatic carbocycles. The van der Waals surface area contributed by atoms with E-state index in [-0.39, 0.29) is 11.3 Å². The van der Waals surface area contributed by atoms with Crippen molar-refractivity contribution in [3.05, 3.63) is 28.7 Å². The molecular weight excluding hydrogens is 306 g/mol. The highest BCUT2D eigenvalue weighted by Gasteiger charge is 2.33. The Hall–Kier alpha value is -0.910. The highest BCUT2D eigenvalue weighted by molar-refractivity contribution is 9.10. The number of carbonyl (C=O) groups is 1. The summed E-state index contributed by atoms with van der Waals surface area (Å²) >= 11 is 3.42. The second-order valence-electron chi connectivity index (χ2n) is 5.50. The second kappa shape index (κ2) is 6.03. The maximum atomic E-state index is 12.0. The quantitative estimate of drug-likeness (QED) is 0.890. The third kappa shape index (κ3) is 3.78. The van der Waals surface area contributed by atoms with Crippen LogP contribution in [0.3, 0.4) is 0 Å². The lowest BCUT2D eigenvalue weighted by atomic mass is 9.90. The van der Waals surface area contributed by atoms with E-state index in [0.29, 0.717) is 13.1 Å². The number of amides is 1. The van der Waals surface area contributed by atoms with Crippen LogP contribution >= 0.6 is 15.9 Å². The summed E-state index contributed by atoms with van der Waals surface area (Å²) in [7, 11) is 0. The maximum Gasteiger partial charge on any atom is 0.238 e. The average Bonchev–Trinajstić information content (AvgIpc) is 2.74. The van der Waals surface area contributed by atoms with Crippen molar-refractivity contribution in [3.63, 3.8) is 0 Å². The summed E-state index contributed by atoms with van der Waals surface area (Å²) in [5.41, 5.74) is 6.74. The van der Waals surface area contributed by atoms with Crippen molar-refractivity contribution in [2.24, 2.45) is 11.1 Å². The van der Waals surface area contributed by atoms with Gasteiger partial charge in [0.2, 0.25) is 5.91 Å². The Morgan fingerprint density at radius 1 is 1.53 bits per heavy atom. The minimum absolute atomic E-state index is 0.0215. The Morgan fingerprint density at radius 2 is 2.26 bits per heavy atom. The number of para-hydroxylation sites is 1. The van der Waals surface area contributed by atoms with Gasteiger partial charge in [-0.15, -0.1) is 0 Å². The number of benzene rings is 1. The van der Waals surface area contributed by atoms with Crippen molar-refractivity contribution in [3.8, 4) is 0 Å². The number of nitrogens with two attached hydrogens (primary N) is 1. The first-order valence-electron chi connectivity index (χ1n) is 6.49. The van der Waals surface area contributed by atoms with Crippen LogP contribution in [0.25, 0.3) is 0 Å². The molecular formula is C14H20BrN3O. The normalized spacial score (nSPS) is 23.5. The van der Waals surface area contributed by atoms with Gasteiger partial charge in [-0.1, -0.05) is 19.1 Å². The number of nitrogens with one attached hydrogen (secondary N) is 1. The van der Waals surface area contributed by atoms with Crippen LogP contribution in [0, 0.1) is 5.41 Å². The monoisotopic (exact) mass is 325 g/mol. The van der Waals surface area contributed by atoms with Crippen LogP contribution in [-0.4, -0.2) is 37.0 Å². The zero-order valence-corrected chi connectivity index (χ0v) is 12.7. The molecule has 1 aromatic rings. The fourth-order valence-corrected chi connectivity index (χ4v) is 2.77. The Kier molecular flexibility index (Phi) is 4.60. The van der Waals surface area contributed by atoms with Gasteiger partial charge in [0, 0.05) is 11.0 Å². The molecule has 3 N–H and O–H groups in total. The predicted molar refractivity (Wildman–Crippen MR) is 81.0 cm³/mol. The number of halogens is 1. The van der Waals surface area contributed by atoms with Crippen molar-refractivity contribution < 1.29 is 4.79 Å². The van der Waals surface area contributed by atoms with Crippen LogP contribution in [0.4, 0.5) is 5.69 Å². The first kappa shape index (κ1) is 14.5. The molecule has 1 aliphatic heterocycles. The molecule has 4 nitrogen and oxygen atoms in total. The minimum Gasteiger partial charge on any atom is -0.330 e. The van der Waals surface area contributed by atoms with E-state index < -0.39 is 0 Å². The number of anilines is 1. The van der Waals surface area contributed by atoms with E-state index in [1.165, 1.54) is 0 Å². The van der Waals surface area contributed by atoms with Crippen molar-refractivity contribution in [1.29, 1.82) is 0 Å². The van der Waals surface area contributed by atoms with Gasteiger partial charge in [-0.2, -0.15) is 0 Å². The van der Waals surface area contributed by atoms with Gasteiger partial charge in [-0.3, -0.25) is 9.69 Å². The average molecular weight is 326 g/mol. The molecule has 1 aliphatic rings. The fraction of sp³-hybridized carbons (Fsp3) is 0.500. The molecule has 1 amide bonds. The van der Waals surface area contributed by atoms with Crippen LogP contribution in [0.5, 0.6) is 0 Å². The first-order valence-corrected chi connectivity index (χ1v) is 7.28. The lowest BCUT2D eigenvalue weighted by Gasteiger charge is -2.22. The molecule has 2 rings (SSSR count). The SMILES string of the molecule is CC1(CN)CCN(CC(=O)Nc2ccccc2Br)C1. The molecule has 1 atom stereocenters. The van der Waals surface area contributed by atoms with Gasteiger partial charge >= 0.3 is 0 Å². The summed E-state index contributed by atoms with van der Waals surface area (Å²) in [6, 6.07) is 7.63. The van der Waals surface area contributed by atoms with Gasteiger partial charge in [0.15, 0.2) is 0 Å². The summed E-state index contributed by atoms with van der Waals surface area (Å²) < 4.78 is 0.900. The van der Waals surface area contributed by atoms with E-state index in [4.69, 9.17) is 5.73 Å². The molecule has 1 aromatic carbocycles. The van der Waals surface area contributed by atoms with Crippen molar-refractivity contribution in [1.82, 2.24) is 4.90 Å². The number of likely N-dealkylation sites (tertiary alicyclic amines) is 1. The van der Waals surface area contributed by atoms with E-state index in [9.17, 15) is 4.79 Å². The molecule has 1 unspecified atom stereocenters. The molecule has 0 radical (unpaired) electrons. The first-order chi connectivity index (χ1) is 9.02. The van der Waals surface area contributed by atoms with E-state index in [0.717, 1.165) is 29.7 Å². The molecule has 5 heteroatoms. The Labute approximate surface area is 122 Å². The lowest BCUT2D eigenvalue weighted by molar-refractivity contribution is -0.117. The van der Waals surface area contributed by atoms with Crippen LogP contribution in [0.1, 0.15) is 13.3 Å². The molecule has 19 heavy (non-hydrogen) atoms. The van der Waals surface area contributed by atoms with Crippen LogP contribution < -0.4 is 11.1 Å². The third-order valence-corrected chi connectivity index (χ3v) is 4.34. The summed E-state index contributed by atoms with van der Waals surface area (Å²) in [6.07, 6.45) is 1.06. The zero-order valence-electron chi connectivity index (χ0n) is 11.2. The molecule has 0 spiro atoms. The predicted octanol–water partition coefficient (Wildman–Crippen LogP) is 2.06. The maximum absolute atomic E-state index is 12.0. The molecule has 1 saturated heterocycles. The molecule has 0 bridgehead atoms. The Morgan fingerprint density at radius 3 is 2.89 bits per heavy atom. The number of carbonyl (C=O) groups excluding carboxylic acids is 1.